The summed E-state index contributed by atoms with van der Waals surface area (Å²) in [7, 11) is 1.39. The van der Waals surface area contributed by atoms with Crippen molar-refractivity contribution in [3.05, 3.63) is 35.4 Å². The molecule has 0 aliphatic carbocycles. The van der Waals surface area contributed by atoms with Gasteiger partial charge in [0.15, 0.2) is 0 Å². The number of rotatable bonds is 3. The molecule has 1 aliphatic rings. The highest BCUT2D eigenvalue weighted by atomic mass is 16.5. The van der Waals surface area contributed by atoms with Crippen LogP contribution < -0.4 is 5.32 Å². The summed E-state index contributed by atoms with van der Waals surface area (Å²) in [5.41, 5.74) is 1.61. The number of carbonyl (C=O) groups excluding carboxylic acids is 1. The maximum absolute atomic E-state index is 11.8. The van der Waals surface area contributed by atoms with Gasteiger partial charge in [0.2, 0.25) is 0 Å². The molecule has 1 aliphatic heterocycles. The van der Waals surface area contributed by atoms with Crippen molar-refractivity contribution in [3.63, 3.8) is 0 Å². The normalized spacial score (nSPS) is 19.8. The Morgan fingerprint density at radius 1 is 0.931 bits per heavy atom. The van der Waals surface area contributed by atoms with Gasteiger partial charge in [-0.15, -0.1) is 0 Å². The highest BCUT2D eigenvalue weighted by Crippen LogP contribution is 2.10. The molecular weight excluding hydrogens is 376 g/mol. The lowest BCUT2D eigenvalue weighted by Gasteiger charge is -2.22. The second kappa shape index (κ2) is 15.3. The smallest absolute Gasteiger partial charge is 0.337 e. The Morgan fingerprint density at radius 3 is 2.10 bits per heavy atom. The minimum absolute atomic E-state index is 0.326. The van der Waals surface area contributed by atoms with Crippen molar-refractivity contribution in [1.29, 1.82) is 0 Å². The Labute approximate surface area is 173 Å². The van der Waals surface area contributed by atoms with Gasteiger partial charge in [0.05, 0.1) is 65.5 Å². The minimum atomic E-state index is -0.326. The van der Waals surface area contributed by atoms with E-state index in [1.807, 2.05) is 18.2 Å². The molecule has 1 aromatic rings. The van der Waals surface area contributed by atoms with E-state index in [0.29, 0.717) is 65.0 Å². The maximum Gasteiger partial charge on any atom is 0.337 e. The monoisotopic (exact) mass is 410 g/mol. The SMILES string of the molecule is COC(=O)c1cccc(CN2CCOCCOCCNCCOCCOCC2)c1. The number of methoxy groups -OCH3 is 1. The molecule has 0 spiro atoms. The Kier molecular flexibility index (Phi) is 12.5. The molecule has 1 heterocycles. The van der Waals surface area contributed by atoms with Gasteiger partial charge in [-0.05, 0) is 17.7 Å². The molecule has 0 saturated carbocycles. The predicted molar refractivity (Wildman–Crippen MR) is 109 cm³/mol. The van der Waals surface area contributed by atoms with Crippen molar-refractivity contribution in [2.75, 3.05) is 86.1 Å². The molecule has 0 amide bonds. The number of ether oxygens (including phenoxy) is 5. The van der Waals surface area contributed by atoms with Crippen LogP contribution in [0.5, 0.6) is 0 Å². The van der Waals surface area contributed by atoms with Gasteiger partial charge < -0.3 is 29.0 Å². The molecule has 0 bridgehead atoms. The van der Waals surface area contributed by atoms with Crippen LogP contribution in [0.4, 0.5) is 0 Å². The van der Waals surface area contributed by atoms with Crippen molar-refractivity contribution in [1.82, 2.24) is 10.2 Å². The fourth-order valence-electron chi connectivity index (χ4n) is 2.89. The number of carbonyl (C=O) groups is 1. The number of hydrogen-bond donors (Lipinski definition) is 1. The van der Waals surface area contributed by atoms with E-state index in [1.165, 1.54) is 7.11 Å². The van der Waals surface area contributed by atoms with Crippen molar-refractivity contribution < 1.29 is 28.5 Å². The van der Waals surface area contributed by atoms with E-state index in [0.717, 1.165) is 31.7 Å². The summed E-state index contributed by atoms with van der Waals surface area (Å²) in [4.78, 5) is 14.0. The fraction of sp³-hybridized carbons (Fsp3) is 0.667. The van der Waals surface area contributed by atoms with Crippen molar-refractivity contribution in [2.45, 2.75) is 6.54 Å². The molecule has 164 valence electrons. The van der Waals surface area contributed by atoms with E-state index in [1.54, 1.807) is 6.07 Å². The number of benzene rings is 1. The number of esters is 1. The molecule has 1 saturated heterocycles. The second-order valence-corrected chi connectivity index (χ2v) is 6.67. The quantitative estimate of drug-likeness (QED) is 0.738. The first-order valence-corrected chi connectivity index (χ1v) is 10.2. The molecular formula is C21H34N2O6. The molecule has 2 rings (SSSR count). The first kappa shape index (κ1) is 23.7. The van der Waals surface area contributed by atoms with Gasteiger partial charge in [0.25, 0.3) is 0 Å². The van der Waals surface area contributed by atoms with Gasteiger partial charge >= 0.3 is 5.97 Å². The predicted octanol–water partition coefficient (Wildman–Crippen LogP) is 0.945. The van der Waals surface area contributed by atoms with Gasteiger partial charge in [-0.25, -0.2) is 4.79 Å². The van der Waals surface area contributed by atoms with Gasteiger partial charge in [0.1, 0.15) is 0 Å². The average molecular weight is 411 g/mol. The Bertz CT molecular complexity index is 554. The van der Waals surface area contributed by atoms with E-state index in [2.05, 4.69) is 10.2 Å². The van der Waals surface area contributed by atoms with Crippen molar-refractivity contribution >= 4 is 5.97 Å². The summed E-state index contributed by atoms with van der Waals surface area (Å²) < 4.78 is 27.3. The third-order valence-corrected chi connectivity index (χ3v) is 4.45. The molecule has 1 aromatic carbocycles. The lowest BCUT2D eigenvalue weighted by molar-refractivity contribution is 0.0194. The van der Waals surface area contributed by atoms with Gasteiger partial charge in [-0.2, -0.15) is 0 Å². The molecule has 1 fully saturated rings. The number of nitrogens with zero attached hydrogens (tertiary/aromatic N) is 1. The van der Waals surface area contributed by atoms with Crippen LogP contribution in [0, 0.1) is 0 Å². The molecule has 0 aromatic heterocycles. The van der Waals surface area contributed by atoms with E-state index in [4.69, 9.17) is 23.7 Å². The van der Waals surface area contributed by atoms with E-state index in [-0.39, 0.29) is 5.97 Å². The summed E-state index contributed by atoms with van der Waals surface area (Å²) in [5, 5.41) is 3.27. The van der Waals surface area contributed by atoms with Crippen LogP contribution in [0.1, 0.15) is 15.9 Å². The van der Waals surface area contributed by atoms with Crippen LogP contribution in [0.3, 0.4) is 0 Å². The second-order valence-electron chi connectivity index (χ2n) is 6.67. The maximum atomic E-state index is 11.8. The lowest BCUT2D eigenvalue weighted by Crippen LogP contribution is -2.31. The van der Waals surface area contributed by atoms with Crippen LogP contribution >= 0.6 is 0 Å². The van der Waals surface area contributed by atoms with Crippen LogP contribution in [-0.2, 0) is 30.2 Å². The van der Waals surface area contributed by atoms with Crippen LogP contribution in [-0.4, -0.2) is 97.0 Å². The Morgan fingerprint density at radius 2 is 1.52 bits per heavy atom. The van der Waals surface area contributed by atoms with Gasteiger partial charge in [-0.1, -0.05) is 12.1 Å². The van der Waals surface area contributed by atoms with Crippen LogP contribution in [0.15, 0.2) is 24.3 Å². The summed E-state index contributed by atoms with van der Waals surface area (Å²) in [6.45, 7) is 8.72. The Balaban J connectivity index is 1.85. The van der Waals surface area contributed by atoms with Crippen molar-refractivity contribution in [2.24, 2.45) is 0 Å². The molecule has 8 heteroatoms. The highest BCUT2D eigenvalue weighted by molar-refractivity contribution is 5.89. The molecule has 8 nitrogen and oxygen atoms in total. The highest BCUT2D eigenvalue weighted by Gasteiger charge is 2.10. The van der Waals surface area contributed by atoms with Crippen LogP contribution in [0.2, 0.25) is 0 Å². The van der Waals surface area contributed by atoms with E-state index >= 15 is 0 Å². The molecule has 29 heavy (non-hydrogen) atoms. The summed E-state index contributed by atoms with van der Waals surface area (Å²) in [6, 6.07) is 7.51. The van der Waals surface area contributed by atoms with Crippen molar-refractivity contribution in [3.8, 4) is 0 Å². The molecule has 0 atom stereocenters. The zero-order valence-corrected chi connectivity index (χ0v) is 17.4. The topological polar surface area (TPSA) is 78.5 Å². The fourth-order valence-corrected chi connectivity index (χ4v) is 2.89. The molecule has 0 radical (unpaired) electrons. The number of hydrogen-bond acceptors (Lipinski definition) is 8. The molecule has 0 unspecified atom stereocenters. The summed E-state index contributed by atoms with van der Waals surface area (Å²) >= 11 is 0. The van der Waals surface area contributed by atoms with Gasteiger partial charge in [0, 0.05) is 32.7 Å². The standard InChI is InChI=1S/C21H34N2O6/c1-25-21(24)20-4-2-3-19(17-20)18-23-7-11-28-15-13-26-9-5-22-6-10-27-14-16-29-12-8-23/h2-4,17,22H,5-16,18H2,1H3. The lowest BCUT2D eigenvalue weighted by atomic mass is 10.1. The minimum Gasteiger partial charge on any atom is -0.465 e. The average Bonchev–Trinajstić information content (AvgIpc) is 2.74. The van der Waals surface area contributed by atoms with E-state index in [9.17, 15) is 4.79 Å². The van der Waals surface area contributed by atoms with E-state index < -0.39 is 0 Å². The zero-order chi connectivity index (χ0) is 20.6. The summed E-state index contributed by atoms with van der Waals surface area (Å²) in [5.74, 6) is -0.326. The van der Waals surface area contributed by atoms with Crippen LogP contribution in [0.25, 0.3) is 0 Å². The first-order valence-electron chi connectivity index (χ1n) is 10.2. The largest absolute Gasteiger partial charge is 0.465 e. The first-order chi connectivity index (χ1) is 14.3. The van der Waals surface area contributed by atoms with Gasteiger partial charge in [-0.3, -0.25) is 4.90 Å². The third-order valence-electron chi connectivity index (χ3n) is 4.45. The summed E-state index contributed by atoms with van der Waals surface area (Å²) in [6.07, 6.45) is 0. The molecule has 1 N–H and O–H groups in total. The Hall–Kier alpha value is -1.55. The zero-order valence-electron chi connectivity index (χ0n) is 17.4. The number of nitrogens with one attached hydrogen (secondary N) is 1. The third kappa shape index (κ3) is 10.7.